The third kappa shape index (κ3) is 2.63. The second-order valence-electron chi connectivity index (χ2n) is 4.10. The molecule has 0 aliphatic rings. The van der Waals surface area contributed by atoms with E-state index in [4.69, 9.17) is 4.42 Å². The maximum Gasteiger partial charge on any atom is 0.230 e. The van der Waals surface area contributed by atoms with E-state index in [0.717, 1.165) is 11.1 Å². The Morgan fingerprint density at radius 1 is 1.47 bits per heavy atom. The first kappa shape index (κ1) is 11.9. The van der Waals surface area contributed by atoms with E-state index >= 15 is 0 Å². The summed E-state index contributed by atoms with van der Waals surface area (Å²) in [6.07, 6.45) is 1.94. The number of rotatable bonds is 3. The monoisotopic (exact) mass is 273 g/mol. The van der Waals surface area contributed by atoms with Gasteiger partial charge in [0.15, 0.2) is 16.6 Å². The van der Waals surface area contributed by atoms with Crippen molar-refractivity contribution in [1.82, 2.24) is 9.97 Å². The molecule has 2 heterocycles. The molecule has 0 bridgehead atoms. The number of amides is 1. The quantitative estimate of drug-likeness (QED) is 0.796. The van der Waals surface area contributed by atoms with Gasteiger partial charge in [-0.2, -0.15) is 0 Å². The van der Waals surface area contributed by atoms with Gasteiger partial charge in [0.25, 0.3) is 0 Å². The average Bonchev–Trinajstić information content (AvgIpc) is 2.96. The van der Waals surface area contributed by atoms with Gasteiger partial charge in [-0.25, -0.2) is 9.97 Å². The molecule has 5 nitrogen and oxygen atoms in total. The number of aromatic nitrogens is 2. The highest BCUT2D eigenvalue weighted by atomic mass is 32.1. The van der Waals surface area contributed by atoms with Crippen molar-refractivity contribution in [2.75, 3.05) is 5.32 Å². The number of aryl methyl sites for hydroxylation is 1. The highest BCUT2D eigenvalue weighted by Gasteiger charge is 2.08. The average molecular weight is 273 g/mol. The molecule has 0 fully saturated rings. The molecule has 6 heteroatoms. The summed E-state index contributed by atoms with van der Waals surface area (Å²) in [5, 5.41) is 5.18. The first-order valence-electron chi connectivity index (χ1n) is 5.76. The van der Waals surface area contributed by atoms with Gasteiger partial charge in [-0.1, -0.05) is 6.07 Å². The van der Waals surface area contributed by atoms with Crippen molar-refractivity contribution in [3.8, 4) is 0 Å². The van der Waals surface area contributed by atoms with Crippen LogP contribution in [0.3, 0.4) is 0 Å². The first-order valence-corrected chi connectivity index (χ1v) is 6.64. The van der Waals surface area contributed by atoms with Crippen LogP contribution < -0.4 is 5.32 Å². The van der Waals surface area contributed by atoms with Crippen LogP contribution >= 0.6 is 11.3 Å². The van der Waals surface area contributed by atoms with Crippen LogP contribution in [0.4, 0.5) is 5.13 Å². The third-order valence-electron chi connectivity index (χ3n) is 2.60. The normalized spacial score (nSPS) is 10.8. The molecule has 0 saturated heterocycles. The molecule has 0 aliphatic heterocycles. The molecule has 0 aliphatic carbocycles. The zero-order valence-corrected chi connectivity index (χ0v) is 11.0. The Kier molecular flexibility index (Phi) is 3.00. The van der Waals surface area contributed by atoms with E-state index < -0.39 is 0 Å². The fourth-order valence-corrected chi connectivity index (χ4v) is 2.37. The number of benzene rings is 1. The zero-order valence-electron chi connectivity index (χ0n) is 10.2. The molecule has 1 amide bonds. The van der Waals surface area contributed by atoms with Crippen molar-refractivity contribution in [3.63, 3.8) is 0 Å². The number of fused-ring (bicyclic) bond motifs is 1. The van der Waals surface area contributed by atoms with Gasteiger partial charge in [-0.05, 0) is 17.7 Å². The number of thiazole rings is 1. The predicted octanol–water partition coefficient (Wildman–Crippen LogP) is 2.77. The van der Waals surface area contributed by atoms with E-state index in [-0.39, 0.29) is 12.3 Å². The number of anilines is 1. The first-order chi connectivity index (χ1) is 9.20. The van der Waals surface area contributed by atoms with Gasteiger partial charge in [0.1, 0.15) is 5.52 Å². The molecule has 96 valence electrons. The summed E-state index contributed by atoms with van der Waals surface area (Å²) >= 11 is 1.40. The predicted molar refractivity (Wildman–Crippen MR) is 73.2 cm³/mol. The second-order valence-corrected chi connectivity index (χ2v) is 4.99. The van der Waals surface area contributed by atoms with Crippen molar-refractivity contribution in [2.24, 2.45) is 0 Å². The Hall–Kier alpha value is -2.21. The molecule has 0 unspecified atom stereocenters. The molecule has 0 spiro atoms. The van der Waals surface area contributed by atoms with Crippen LogP contribution in [0.1, 0.15) is 11.5 Å². The molecule has 19 heavy (non-hydrogen) atoms. The summed E-state index contributed by atoms with van der Waals surface area (Å²) in [6, 6.07) is 5.58. The fourth-order valence-electron chi connectivity index (χ4n) is 1.83. The number of hydrogen-bond donors (Lipinski definition) is 1. The van der Waals surface area contributed by atoms with E-state index in [1.54, 1.807) is 13.1 Å². The lowest BCUT2D eigenvalue weighted by molar-refractivity contribution is -0.115. The summed E-state index contributed by atoms with van der Waals surface area (Å²) in [5.74, 6) is 0.532. The minimum absolute atomic E-state index is 0.0921. The van der Waals surface area contributed by atoms with Gasteiger partial charge in [0.05, 0.1) is 6.42 Å². The van der Waals surface area contributed by atoms with Gasteiger partial charge < -0.3 is 9.73 Å². The molecule has 3 aromatic rings. The van der Waals surface area contributed by atoms with Crippen LogP contribution in [0, 0.1) is 6.92 Å². The molecule has 0 saturated carbocycles. The third-order valence-corrected chi connectivity index (χ3v) is 3.29. The molecular weight excluding hydrogens is 262 g/mol. The minimum atomic E-state index is -0.0921. The van der Waals surface area contributed by atoms with E-state index in [0.29, 0.717) is 16.6 Å². The fraction of sp³-hybridized carbons (Fsp3) is 0.154. The molecule has 3 rings (SSSR count). The Morgan fingerprint density at radius 2 is 2.37 bits per heavy atom. The van der Waals surface area contributed by atoms with Crippen molar-refractivity contribution in [3.05, 3.63) is 41.2 Å². The highest BCUT2D eigenvalue weighted by molar-refractivity contribution is 7.13. The minimum Gasteiger partial charge on any atom is -0.441 e. The van der Waals surface area contributed by atoms with Gasteiger partial charge in [0.2, 0.25) is 5.91 Å². The van der Waals surface area contributed by atoms with Crippen molar-refractivity contribution in [1.29, 1.82) is 0 Å². The van der Waals surface area contributed by atoms with Crippen LogP contribution in [0.2, 0.25) is 0 Å². The number of oxazole rings is 1. The summed E-state index contributed by atoms with van der Waals surface area (Å²) in [6.45, 7) is 1.80. The van der Waals surface area contributed by atoms with Crippen molar-refractivity contribution >= 4 is 33.5 Å². The Bertz CT molecular complexity index is 719. The van der Waals surface area contributed by atoms with Gasteiger partial charge in [-0.15, -0.1) is 11.3 Å². The topological polar surface area (TPSA) is 68.0 Å². The van der Waals surface area contributed by atoms with Crippen LogP contribution in [-0.2, 0) is 11.2 Å². The highest BCUT2D eigenvalue weighted by Crippen LogP contribution is 2.18. The smallest absolute Gasteiger partial charge is 0.230 e. The maximum absolute atomic E-state index is 11.8. The van der Waals surface area contributed by atoms with E-state index in [2.05, 4.69) is 15.3 Å². The second kappa shape index (κ2) is 4.81. The number of nitrogens with one attached hydrogen (secondary N) is 1. The zero-order chi connectivity index (χ0) is 13.2. The van der Waals surface area contributed by atoms with Gasteiger partial charge in [0, 0.05) is 18.5 Å². The van der Waals surface area contributed by atoms with Crippen LogP contribution in [0.15, 0.2) is 34.2 Å². The van der Waals surface area contributed by atoms with Gasteiger partial charge >= 0.3 is 0 Å². The van der Waals surface area contributed by atoms with E-state index in [1.807, 2.05) is 23.6 Å². The SMILES string of the molecule is Cc1nc2ccc(CC(=O)Nc3nccs3)cc2o1. The van der Waals surface area contributed by atoms with Crippen molar-refractivity contribution in [2.45, 2.75) is 13.3 Å². The molecular formula is C13H11N3O2S. The lowest BCUT2D eigenvalue weighted by atomic mass is 10.1. The lowest BCUT2D eigenvalue weighted by Gasteiger charge is -2.01. The molecule has 1 aromatic carbocycles. The summed E-state index contributed by atoms with van der Waals surface area (Å²) < 4.78 is 5.44. The maximum atomic E-state index is 11.8. The summed E-state index contributed by atoms with van der Waals surface area (Å²) in [4.78, 5) is 20.1. The standard InChI is InChI=1S/C13H11N3O2S/c1-8-15-10-3-2-9(6-11(10)18-8)7-12(17)16-13-14-4-5-19-13/h2-6H,7H2,1H3,(H,14,16,17). The largest absolute Gasteiger partial charge is 0.441 e. The van der Waals surface area contributed by atoms with Gasteiger partial charge in [-0.3, -0.25) is 4.79 Å². The van der Waals surface area contributed by atoms with Crippen LogP contribution in [0.5, 0.6) is 0 Å². The van der Waals surface area contributed by atoms with Crippen molar-refractivity contribution < 1.29 is 9.21 Å². The number of nitrogens with zero attached hydrogens (tertiary/aromatic N) is 2. The van der Waals surface area contributed by atoms with Crippen LogP contribution in [-0.4, -0.2) is 15.9 Å². The molecule has 2 aromatic heterocycles. The summed E-state index contributed by atoms with van der Waals surface area (Å²) in [5.41, 5.74) is 2.40. The number of carbonyl (C=O) groups is 1. The Morgan fingerprint density at radius 3 is 3.16 bits per heavy atom. The van der Waals surface area contributed by atoms with E-state index in [9.17, 15) is 4.79 Å². The summed E-state index contributed by atoms with van der Waals surface area (Å²) in [7, 11) is 0. The number of carbonyl (C=O) groups excluding carboxylic acids is 1. The molecule has 0 radical (unpaired) electrons. The van der Waals surface area contributed by atoms with E-state index in [1.165, 1.54) is 11.3 Å². The van der Waals surface area contributed by atoms with Crippen LogP contribution in [0.25, 0.3) is 11.1 Å². The molecule has 0 atom stereocenters. The Balaban J connectivity index is 1.75. The Labute approximate surface area is 113 Å². The number of hydrogen-bond acceptors (Lipinski definition) is 5. The molecule has 1 N–H and O–H groups in total. The lowest BCUT2D eigenvalue weighted by Crippen LogP contribution is -2.14.